The molecule has 0 aliphatic carbocycles. The molecule has 0 radical (unpaired) electrons. The third-order valence-electron chi connectivity index (χ3n) is 3.10. The van der Waals surface area contributed by atoms with Crippen molar-refractivity contribution in [3.63, 3.8) is 0 Å². The first-order chi connectivity index (χ1) is 10.1. The molecule has 0 spiro atoms. The van der Waals surface area contributed by atoms with Crippen LogP contribution in [0.4, 0.5) is 0 Å². The number of aromatic amines is 1. The van der Waals surface area contributed by atoms with E-state index in [0.717, 1.165) is 5.56 Å². The molecule has 7 heteroatoms. The lowest BCUT2D eigenvalue weighted by Gasteiger charge is -2.30. The van der Waals surface area contributed by atoms with Crippen molar-refractivity contribution >= 4 is 17.7 Å². The average Bonchev–Trinajstić information content (AvgIpc) is 2.90. The van der Waals surface area contributed by atoms with E-state index in [1.54, 1.807) is 0 Å². The van der Waals surface area contributed by atoms with Crippen molar-refractivity contribution in [1.82, 2.24) is 20.5 Å². The van der Waals surface area contributed by atoms with Crippen molar-refractivity contribution in [3.8, 4) is 0 Å². The third-order valence-corrected chi connectivity index (χ3v) is 4.12. The molecule has 1 unspecified atom stereocenters. The van der Waals surface area contributed by atoms with Crippen LogP contribution in [0.3, 0.4) is 0 Å². The Morgan fingerprint density at radius 1 is 1.43 bits per heavy atom. The first-order valence-corrected chi connectivity index (χ1v) is 7.63. The van der Waals surface area contributed by atoms with Gasteiger partial charge in [-0.2, -0.15) is 0 Å². The van der Waals surface area contributed by atoms with Crippen LogP contribution in [0.2, 0.25) is 0 Å². The molecule has 0 bridgehead atoms. The summed E-state index contributed by atoms with van der Waals surface area (Å²) < 4.78 is 0. The summed E-state index contributed by atoms with van der Waals surface area (Å²) >= 11 is 1.31. The second kappa shape index (κ2) is 6.73. The van der Waals surface area contributed by atoms with Gasteiger partial charge in [-0.15, -0.1) is 5.10 Å². The number of H-pyrrole nitrogens is 1. The summed E-state index contributed by atoms with van der Waals surface area (Å²) in [6, 6.07) is 9.19. The number of aliphatic carboxylic acids is 1. The fourth-order valence-electron chi connectivity index (χ4n) is 2.08. The normalized spacial score (nSPS) is 13.8. The minimum Gasteiger partial charge on any atom is -0.480 e. The Balaban J connectivity index is 2.28. The number of aryl methyl sites for hydroxylation is 1. The van der Waals surface area contributed by atoms with Gasteiger partial charge >= 0.3 is 5.97 Å². The number of hydrogen-bond donors (Lipinski definition) is 3. The molecule has 1 aromatic carbocycles. The number of aromatic nitrogens is 3. The highest BCUT2D eigenvalue weighted by molar-refractivity contribution is 7.99. The highest BCUT2D eigenvalue weighted by Gasteiger charge is 2.40. The van der Waals surface area contributed by atoms with Crippen LogP contribution in [0.5, 0.6) is 0 Å². The molecular formula is C14H18N4O2S. The standard InChI is InChI=1S/C14H18N4O2S/c1-3-15-14(12(19)20,11-7-5-4-6-8-11)9-21-13-16-10(2)17-18-13/h4-8,15H,3,9H2,1-2H3,(H,19,20)(H,16,17,18). The van der Waals surface area contributed by atoms with Crippen LogP contribution in [0.25, 0.3) is 0 Å². The molecule has 112 valence electrons. The molecule has 2 rings (SSSR count). The van der Waals surface area contributed by atoms with Crippen LogP contribution in [-0.2, 0) is 10.3 Å². The van der Waals surface area contributed by atoms with Gasteiger partial charge in [-0.3, -0.25) is 10.4 Å². The summed E-state index contributed by atoms with van der Waals surface area (Å²) in [5, 5.41) is 20.2. The lowest BCUT2D eigenvalue weighted by atomic mass is 9.92. The summed E-state index contributed by atoms with van der Waals surface area (Å²) in [4.78, 5) is 16.1. The zero-order chi connectivity index (χ0) is 15.3. The van der Waals surface area contributed by atoms with Crippen LogP contribution in [0.1, 0.15) is 18.3 Å². The lowest BCUT2D eigenvalue weighted by molar-refractivity contribution is -0.144. The fraction of sp³-hybridized carbons (Fsp3) is 0.357. The predicted octanol–water partition coefficient (Wildman–Crippen LogP) is 1.79. The van der Waals surface area contributed by atoms with Crippen molar-refractivity contribution in [1.29, 1.82) is 0 Å². The van der Waals surface area contributed by atoms with E-state index >= 15 is 0 Å². The first kappa shape index (κ1) is 15.5. The molecule has 0 aliphatic heterocycles. The van der Waals surface area contributed by atoms with Crippen LogP contribution < -0.4 is 5.32 Å². The predicted molar refractivity (Wildman–Crippen MR) is 81.3 cm³/mol. The van der Waals surface area contributed by atoms with Gasteiger partial charge < -0.3 is 5.11 Å². The summed E-state index contributed by atoms with van der Waals surface area (Å²) in [5.74, 6) is 0.106. The second-order valence-corrected chi connectivity index (χ2v) is 5.54. The highest BCUT2D eigenvalue weighted by Crippen LogP contribution is 2.29. The molecule has 0 saturated heterocycles. The Morgan fingerprint density at radius 2 is 2.14 bits per heavy atom. The molecule has 0 amide bonds. The molecule has 0 saturated carbocycles. The van der Waals surface area contributed by atoms with Gasteiger partial charge in [0.05, 0.1) is 0 Å². The second-order valence-electron chi connectivity index (χ2n) is 4.60. The number of hydrogen-bond acceptors (Lipinski definition) is 5. The minimum atomic E-state index is -1.16. The van der Waals surface area contributed by atoms with Crippen molar-refractivity contribution in [3.05, 3.63) is 41.7 Å². The molecule has 21 heavy (non-hydrogen) atoms. The first-order valence-electron chi connectivity index (χ1n) is 6.64. The van der Waals surface area contributed by atoms with Gasteiger partial charge in [0.2, 0.25) is 5.16 Å². The van der Waals surface area contributed by atoms with Gasteiger partial charge in [-0.05, 0) is 19.0 Å². The Bertz CT molecular complexity index is 602. The molecule has 1 atom stereocenters. The Hall–Kier alpha value is -1.86. The lowest BCUT2D eigenvalue weighted by Crippen LogP contribution is -2.51. The van der Waals surface area contributed by atoms with Gasteiger partial charge in [0.15, 0.2) is 5.54 Å². The van der Waals surface area contributed by atoms with Crippen LogP contribution >= 0.6 is 11.8 Å². The summed E-state index contributed by atoms with van der Waals surface area (Å²) in [6.07, 6.45) is 0. The number of likely N-dealkylation sites (N-methyl/N-ethyl adjacent to an activating group) is 1. The number of thioether (sulfide) groups is 1. The maximum Gasteiger partial charge on any atom is 0.329 e. The SMILES string of the molecule is CCNC(CSc1n[nH]c(C)n1)(C(=O)O)c1ccccc1. The van der Waals surface area contributed by atoms with Crippen LogP contribution in [0.15, 0.2) is 35.5 Å². The monoisotopic (exact) mass is 306 g/mol. The summed E-state index contributed by atoms with van der Waals surface area (Å²) in [5.41, 5.74) is -0.436. The van der Waals surface area contributed by atoms with Crippen LogP contribution in [0, 0.1) is 6.92 Å². The van der Waals surface area contributed by atoms with Gasteiger partial charge in [0, 0.05) is 5.75 Å². The van der Waals surface area contributed by atoms with Gasteiger partial charge in [-0.25, -0.2) is 9.78 Å². The van der Waals surface area contributed by atoms with E-state index in [1.165, 1.54) is 11.8 Å². The van der Waals surface area contributed by atoms with E-state index in [-0.39, 0.29) is 0 Å². The maximum absolute atomic E-state index is 11.9. The Kier molecular flexibility index (Phi) is 4.98. The maximum atomic E-state index is 11.9. The number of carboxylic acids is 1. The number of nitrogens with one attached hydrogen (secondary N) is 2. The van der Waals surface area contributed by atoms with E-state index in [0.29, 0.717) is 23.3 Å². The molecule has 1 heterocycles. The van der Waals surface area contributed by atoms with Crippen molar-refractivity contribution < 1.29 is 9.90 Å². The zero-order valence-corrected chi connectivity index (χ0v) is 12.8. The van der Waals surface area contributed by atoms with Crippen molar-refractivity contribution in [2.75, 3.05) is 12.3 Å². The Labute approximate surface area is 127 Å². The number of rotatable bonds is 7. The van der Waals surface area contributed by atoms with Crippen LogP contribution in [-0.4, -0.2) is 38.6 Å². The van der Waals surface area contributed by atoms with E-state index in [4.69, 9.17) is 0 Å². The molecule has 0 fully saturated rings. The van der Waals surface area contributed by atoms with E-state index in [2.05, 4.69) is 20.5 Å². The molecule has 1 aromatic heterocycles. The molecule has 0 aliphatic rings. The van der Waals surface area contributed by atoms with Crippen molar-refractivity contribution in [2.24, 2.45) is 0 Å². The van der Waals surface area contributed by atoms with E-state index in [1.807, 2.05) is 44.2 Å². The third kappa shape index (κ3) is 3.43. The summed E-state index contributed by atoms with van der Waals surface area (Å²) in [6.45, 7) is 4.25. The molecular weight excluding hydrogens is 288 g/mol. The zero-order valence-electron chi connectivity index (χ0n) is 12.0. The minimum absolute atomic E-state index is 0.303. The summed E-state index contributed by atoms with van der Waals surface area (Å²) in [7, 11) is 0. The molecule has 3 N–H and O–H groups in total. The molecule has 6 nitrogen and oxygen atoms in total. The van der Waals surface area contributed by atoms with E-state index < -0.39 is 11.5 Å². The quantitative estimate of drug-likeness (QED) is 0.676. The topological polar surface area (TPSA) is 90.9 Å². The van der Waals surface area contributed by atoms with Gasteiger partial charge in [0.25, 0.3) is 0 Å². The number of carbonyl (C=O) groups is 1. The van der Waals surface area contributed by atoms with E-state index in [9.17, 15) is 9.90 Å². The number of carboxylic acid groups (broad SMARTS) is 1. The fourth-order valence-corrected chi connectivity index (χ4v) is 3.13. The smallest absolute Gasteiger partial charge is 0.329 e. The average molecular weight is 306 g/mol. The Morgan fingerprint density at radius 3 is 2.67 bits per heavy atom. The number of nitrogens with zero attached hydrogens (tertiary/aromatic N) is 2. The van der Waals surface area contributed by atoms with Crippen molar-refractivity contribution in [2.45, 2.75) is 24.5 Å². The van der Waals surface area contributed by atoms with Gasteiger partial charge in [-0.1, -0.05) is 49.0 Å². The largest absolute Gasteiger partial charge is 0.480 e. The van der Waals surface area contributed by atoms with Gasteiger partial charge in [0.1, 0.15) is 5.82 Å². The number of benzene rings is 1. The highest BCUT2D eigenvalue weighted by atomic mass is 32.2. The molecule has 2 aromatic rings.